The van der Waals surface area contributed by atoms with Gasteiger partial charge in [0.05, 0.1) is 11.4 Å². The lowest BCUT2D eigenvalue weighted by Gasteiger charge is -1.86. The first-order valence-electron chi connectivity index (χ1n) is 3.42. The van der Waals surface area contributed by atoms with Crippen molar-refractivity contribution < 1.29 is 4.52 Å². The van der Waals surface area contributed by atoms with Crippen molar-refractivity contribution in [3.63, 3.8) is 0 Å². The van der Waals surface area contributed by atoms with Gasteiger partial charge in [-0.2, -0.15) is 16.3 Å². The van der Waals surface area contributed by atoms with Crippen LogP contribution in [0.5, 0.6) is 0 Å². The average Bonchev–Trinajstić information content (AvgIpc) is 2.71. The number of hydrogen-bond acceptors (Lipinski definition) is 4. The third-order valence-corrected chi connectivity index (χ3v) is 3.37. The molecule has 0 saturated carbocycles. The first kappa shape index (κ1) is 9.18. The summed E-state index contributed by atoms with van der Waals surface area (Å²) in [7, 11) is 0. The molecular weight excluding hydrogens is 276 g/mol. The number of nitrogens with zero attached hydrogens (tertiary/aromatic N) is 2. The first-order valence-corrected chi connectivity index (χ1v) is 5.69. The summed E-state index contributed by atoms with van der Waals surface area (Å²) in [4.78, 5) is 4.10. The van der Waals surface area contributed by atoms with Crippen molar-refractivity contribution in [1.82, 2.24) is 10.1 Å². The highest BCUT2D eigenvalue weighted by atomic mass is 79.9. The van der Waals surface area contributed by atoms with Crippen molar-refractivity contribution in [1.29, 1.82) is 0 Å². The molecule has 13 heavy (non-hydrogen) atoms. The second-order valence-electron chi connectivity index (χ2n) is 2.28. The molecule has 0 N–H and O–H groups in total. The molecule has 0 saturated heterocycles. The van der Waals surface area contributed by atoms with Gasteiger partial charge in [0.15, 0.2) is 5.82 Å². The Balaban J connectivity index is 2.41. The number of halogens is 2. The number of alkyl halides is 1. The Kier molecular flexibility index (Phi) is 2.66. The molecule has 0 aliphatic carbocycles. The standard InChI is InChI=1S/C7H4BrClN2OS/c8-5-3-13-2-4(5)7-10-6(1-9)11-12-7/h2-3H,1H2. The second kappa shape index (κ2) is 3.77. The van der Waals surface area contributed by atoms with Gasteiger partial charge in [-0.15, -0.1) is 11.6 Å². The predicted octanol–water partition coefficient (Wildman–Crippen LogP) is 3.30. The molecule has 0 spiro atoms. The van der Waals surface area contributed by atoms with E-state index in [0.717, 1.165) is 10.0 Å². The zero-order valence-electron chi connectivity index (χ0n) is 6.33. The fraction of sp³-hybridized carbons (Fsp3) is 0.143. The van der Waals surface area contributed by atoms with Gasteiger partial charge in [0, 0.05) is 15.2 Å². The van der Waals surface area contributed by atoms with Crippen LogP contribution in [0.1, 0.15) is 5.82 Å². The maximum absolute atomic E-state index is 5.55. The number of rotatable bonds is 2. The van der Waals surface area contributed by atoms with Crippen LogP contribution in [0.4, 0.5) is 0 Å². The van der Waals surface area contributed by atoms with E-state index in [1.165, 1.54) is 0 Å². The van der Waals surface area contributed by atoms with Gasteiger partial charge in [-0.3, -0.25) is 0 Å². The van der Waals surface area contributed by atoms with E-state index in [1.54, 1.807) is 11.3 Å². The maximum atomic E-state index is 5.55. The molecule has 0 atom stereocenters. The summed E-state index contributed by atoms with van der Waals surface area (Å²) in [6.45, 7) is 0. The Morgan fingerprint density at radius 1 is 1.54 bits per heavy atom. The van der Waals surface area contributed by atoms with Crippen LogP contribution < -0.4 is 0 Å². The maximum Gasteiger partial charge on any atom is 0.259 e. The van der Waals surface area contributed by atoms with Crippen LogP contribution >= 0.6 is 38.9 Å². The minimum Gasteiger partial charge on any atom is -0.334 e. The third kappa shape index (κ3) is 1.77. The van der Waals surface area contributed by atoms with Gasteiger partial charge >= 0.3 is 0 Å². The lowest BCUT2D eigenvalue weighted by Crippen LogP contribution is -1.79. The van der Waals surface area contributed by atoms with Gasteiger partial charge in [0.2, 0.25) is 0 Å². The van der Waals surface area contributed by atoms with Crippen molar-refractivity contribution in [2.45, 2.75) is 5.88 Å². The van der Waals surface area contributed by atoms with Gasteiger partial charge < -0.3 is 4.52 Å². The van der Waals surface area contributed by atoms with E-state index in [0.29, 0.717) is 11.7 Å². The lowest BCUT2D eigenvalue weighted by molar-refractivity contribution is 0.425. The van der Waals surface area contributed by atoms with Gasteiger partial charge in [-0.25, -0.2) is 0 Å². The predicted molar refractivity (Wildman–Crippen MR) is 54.9 cm³/mol. The summed E-state index contributed by atoms with van der Waals surface area (Å²) < 4.78 is 5.97. The summed E-state index contributed by atoms with van der Waals surface area (Å²) in [6, 6.07) is 0. The Morgan fingerprint density at radius 2 is 2.38 bits per heavy atom. The van der Waals surface area contributed by atoms with E-state index in [9.17, 15) is 0 Å². The molecule has 0 aliphatic rings. The van der Waals surface area contributed by atoms with E-state index in [-0.39, 0.29) is 5.88 Å². The number of hydrogen-bond donors (Lipinski definition) is 0. The van der Waals surface area contributed by atoms with Gasteiger partial charge in [-0.1, -0.05) is 5.16 Å². The Bertz CT molecular complexity index is 414. The molecule has 0 fully saturated rings. The Labute approximate surface area is 91.8 Å². The molecule has 68 valence electrons. The van der Waals surface area contributed by atoms with Crippen molar-refractivity contribution in [3.05, 3.63) is 21.1 Å². The molecule has 0 bridgehead atoms. The van der Waals surface area contributed by atoms with E-state index in [1.807, 2.05) is 10.8 Å². The first-order chi connectivity index (χ1) is 6.31. The van der Waals surface area contributed by atoms with Crippen LogP contribution in [0.2, 0.25) is 0 Å². The minimum atomic E-state index is 0.269. The van der Waals surface area contributed by atoms with Crippen LogP contribution in [0, 0.1) is 0 Å². The number of thiophene rings is 1. The van der Waals surface area contributed by atoms with Crippen molar-refractivity contribution in [2.75, 3.05) is 0 Å². The molecule has 0 aliphatic heterocycles. The number of aromatic nitrogens is 2. The molecule has 6 heteroatoms. The van der Waals surface area contributed by atoms with E-state index in [4.69, 9.17) is 16.1 Å². The second-order valence-corrected chi connectivity index (χ2v) is 4.15. The zero-order chi connectivity index (χ0) is 9.26. The van der Waals surface area contributed by atoms with Crippen molar-refractivity contribution >= 4 is 38.9 Å². The molecule has 0 radical (unpaired) electrons. The molecule has 2 heterocycles. The molecule has 0 amide bonds. The Morgan fingerprint density at radius 3 is 2.92 bits per heavy atom. The normalized spacial score (nSPS) is 10.6. The van der Waals surface area contributed by atoms with Crippen molar-refractivity contribution in [2.24, 2.45) is 0 Å². The summed E-state index contributed by atoms with van der Waals surface area (Å²) in [5, 5.41) is 7.60. The average molecular weight is 280 g/mol. The molecule has 2 aromatic rings. The lowest BCUT2D eigenvalue weighted by atomic mass is 10.3. The monoisotopic (exact) mass is 278 g/mol. The quantitative estimate of drug-likeness (QED) is 0.792. The van der Waals surface area contributed by atoms with Gasteiger partial charge in [-0.05, 0) is 15.9 Å². The van der Waals surface area contributed by atoms with Gasteiger partial charge in [0.25, 0.3) is 5.89 Å². The smallest absolute Gasteiger partial charge is 0.259 e. The van der Waals surface area contributed by atoms with E-state index < -0.39 is 0 Å². The highest BCUT2D eigenvalue weighted by molar-refractivity contribution is 9.10. The fourth-order valence-electron chi connectivity index (χ4n) is 0.852. The van der Waals surface area contributed by atoms with Crippen LogP contribution in [-0.4, -0.2) is 10.1 Å². The summed E-state index contributed by atoms with van der Waals surface area (Å²) in [6.07, 6.45) is 0. The Hall–Kier alpha value is -0.390. The highest BCUT2D eigenvalue weighted by Gasteiger charge is 2.11. The van der Waals surface area contributed by atoms with E-state index >= 15 is 0 Å². The van der Waals surface area contributed by atoms with Gasteiger partial charge in [0.1, 0.15) is 0 Å². The summed E-state index contributed by atoms with van der Waals surface area (Å²) >= 11 is 10.5. The summed E-state index contributed by atoms with van der Waals surface area (Å²) in [5.41, 5.74) is 0.911. The van der Waals surface area contributed by atoms with Crippen LogP contribution in [-0.2, 0) is 5.88 Å². The third-order valence-electron chi connectivity index (χ3n) is 1.43. The summed E-state index contributed by atoms with van der Waals surface area (Å²) in [5.74, 6) is 1.28. The molecule has 0 aromatic carbocycles. The molecule has 0 unspecified atom stereocenters. The molecule has 2 rings (SSSR count). The molecule has 2 aromatic heterocycles. The fourth-order valence-corrected chi connectivity index (χ4v) is 2.40. The van der Waals surface area contributed by atoms with Crippen LogP contribution in [0.25, 0.3) is 11.5 Å². The SMILES string of the molecule is ClCc1noc(-c2cscc2Br)n1. The highest BCUT2D eigenvalue weighted by Crippen LogP contribution is 2.30. The van der Waals surface area contributed by atoms with E-state index in [2.05, 4.69) is 26.1 Å². The van der Waals surface area contributed by atoms with Crippen LogP contribution in [0.3, 0.4) is 0 Å². The molecule has 3 nitrogen and oxygen atoms in total. The van der Waals surface area contributed by atoms with Crippen LogP contribution in [0.15, 0.2) is 19.8 Å². The molecular formula is C7H4BrClN2OS. The minimum absolute atomic E-state index is 0.269. The zero-order valence-corrected chi connectivity index (χ0v) is 9.49. The largest absolute Gasteiger partial charge is 0.334 e. The topological polar surface area (TPSA) is 38.9 Å². The van der Waals surface area contributed by atoms with Crippen molar-refractivity contribution in [3.8, 4) is 11.5 Å².